The number of nitrogens with zero attached hydrogens (tertiary/aromatic N) is 2. The van der Waals surface area contributed by atoms with Crippen molar-refractivity contribution in [3.63, 3.8) is 0 Å². The average molecular weight is 492 g/mol. The Bertz CT molecular complexity index is 1150. The van der Waals surface area contributed by atoms with Crippen molar-refractivity contribution < 1.29 is 26.0 Å². The van der Waals surface area contributed by atoms with Crippen LogP contribution in [0, 0.1) is 5.82 Å². The third-order valence-corrected chi connectivity index (χ3v) is 6.65. The van der Waals surface area contributed by atoms with Gasteiger partial charge in [-0.1, -0.05) is 29.8 Å². The first-order chi connectivity index (χ1) is 14.8. The third kappa shape index (κ3) is 5.43. The van der Waals surface area contributed by atoms with E-state index in [9.17, 15) is 26.0 Å². The molecular formula is C21H22ClF4N3O2S. The van der Waals surface area contributed by atoms with Crippen molar-refractivity contribution in [1.29, 1.82) is 0 Å². The molecule has 32 heavy (non-hydrogen) atoms. The zero-order valence-electron chi connectivity index (χ0n) is 17.3. The van der Waals surface area contributed by atoms with Gasteiger partial charge in [0.1, 0.15) is 10.7 Å². The first-order valence-electron chi connectivity index (χ1n) is 9.60. The zero-order chi connectivity index (χ0) is 23.8. The number of likely N-dealkylation sites (N-methyl/N-ethyl adjacent to an activating group) is 1. The third-order valence-electron chi connectivity index (χ3n) is 5.39. The molecule has 1 saturated heterocycles. The highest BCUT2D eigenvalue weighted by molar-refractivity contribution is 7.89. The minimum absolute atomic E-state index is 0.0611. The molecule has 1 fully saturated rings. The van der Waals surface area contributed by atoms with Crippen LogP contribution < -0.4 is 10.0 Å². The second kappa shape index (κ2) is 9.01. The van der Waals surface area contributed by atoms with Crippen LogP contribution in [-0.2, 0) is 16.2 Å². The Morgan fingerprint density at radius 1 is 1.16 bits per heavy atom. The molecule has 0 amide bonds. The average Bonchev–Trinajstić information content (AvgIpc) is 3.17. The Balaban J connectivity index is 2.01. The molecule has 174 valence electrons. The molecule has 0 aliphatic carbocycles. The van der Waals surface area contributed by atoms with Crippen LogP contribution in [0.1, 0.15) is 23.1 Å². The van der Waals surface area contributed by atoms with E-state index in [1.807, 2.05) is 23.9 Å². The van der Waals surface area contributed by atoms with Gasteiger partial charge in [0.2, 0.25) is 10.0 Å². The molecule has 1 aliphatic heterocycles. The number of rotatable bonds is 5. The van der Waals surface area contributed by atoms with Crippen molar-refractivity contribution in [2.24, 2.45) is 5.14 Å². The number of hydrogen-bond donors (Lipinski definition) is 1. The molecule has 0 unspecified atom stereocenters. The minimum Gasteiger partial charge on any atom is -0.369 e. The molecule has 3 rings (SSSR count). The van der Waals surface area contributed by atoms with E-state index in [2.05, 4.69) is 0 Å². The number of alkyl halides is 3. The fraction of sp³-hybridized carbons (Fsp3) is 0.333. The fourth-order valence-electron chi connectivity index (χ4n) is 3.59. The standard InChI is InChI=1S/C21H22ClF4N3O2S/c1-28(2)16-7-8-29(12-16)19-10-15(21(24,25)26)6-5-13(19)3-4-14-9-18(23)20(11-17(14)22)32(27,30)31/h3-6,9-11,16H,7-8,12H2,1-2H3,(H2,27,30,31)/b4-3+/t16-/m1/s1. The molecule has 2 N–H and O–H groups in total. The van der Waals surface area contributed by atoms with Gasteiger partial charge in [-0.25, -0.2) is 17.9 Å². The van der Waals surface area contributed by atoms with Gasteiger partial charge in [0.05, 0.1) is 5.56 Å². The lowest BCUT2D eigenvalue weighted by Crippen LogP contribution is -2.31. The van der Waals surface area contributed by atoms with Crippen molar-refractivity contribution in [2.45, 2.75) is 23.5 Å². The molecule has 0 bridgehead atoms. The summed E-state index contributed by atoms with van der Waals surface area (Å²) in [4.78, 5) is 3.17. The van der Waals surface area contributed by atoms with E-state index in [1.165, 1.54) is 18.2 Å². The predicted octanol–water partition coefficient (Wildman–Crippen LogP) is 4.46. The Hall–Kier alpha value is -2.14. The van der Waals surface area contributed by atoms with E-state index >= 15 is 0 Å². The van der Waals surface area contributed by atoms with E-state index in [0.29, 0.717) is 24.3 Å². The monoisotopic (exact) mass is 491 g/mol. The van der Waals surface area contributed by atoms with Crippen molar-refractivity contribution in [3.05, 3.63) is 57.9 Å². The van der Waals surface area contributed by atoms with Crippen LogP contribution in [0.2, 0.25) is 5.02 Å². The van der Waals surface area contributed by atoms with Crippen molar-refractivity contribution in [1.82, 2.24) is 4.90 Å². The molecule has 0 aromatic heterocycles. The SMILES string of the molecule is CN(C)[C@@H]1CCN(c2cc(C(F)(F)F)ccc2/C=C/c2cc(F)c(S(N)(=O)=O)cc2Cl)C1. The highest BCUT2D eigenvalue weighted by Crippen LogP contribution is 2.36. The number of halogens is 5. The van der Waals surface area contributed by atoms with E-state index < -0.39 is 32.5 Å². The Labute approximate surface area is 189 Å². The molecule has 5 nitrogen and oxygen atoms in total. The Kier molecular flexibility index (Phi) is 6.90. The lowest BCUT2D eigenvalue weighted by atomic mass is 10.1. The van der Waals surface area contributed by atoms with Gasteiger partial charge in [-0.2, -0.15) is 13.2 Å². The first-order valence-corrected chi connectivity index (χ1v) is 11.5. The van der Waals surface area contributed by atoms with Gasteiger partial charge in [0, 0.05) is 29.8 Å². The quantitative estimate of drug-likeness (QED) is 0.495. The molecule has 2 aromatic rings. The summed E-state index contributed by atoms with van der Waals surface area (Å²) in [5, 5.41) is 4.91. The lowest BCUT2D eigenvalue weighted by Gasteiger charge is -2.24. The van der Waals surface area contributed by atoms with E-state index in [1.54, 1.807) is 0 Å². The lowest BCUT2D eigenvalue weighted by molar-refractivity contribution is -0.137. The molecule has 1 heterocycles. The molecule has 0 radical (unpaired) electrons. The predicted molar refractivity (Wildman–Crippen MR) is 117 cm³/mol. The summed E-state index contributed by atoms with van der Waals surface area (Å²) in [5.41, 5.74) is 0.289. The number of primary sulfonamides is 1. The Morgan fingerprint density at radius 3 is 2.38 bits per heavy atom. The molecule has 1 atom stereocenters. The number of hydrogen-bond acceptors (Lipinski definition) is 4. The van der Waals surface area contributed by atoms with Crippen LogP contribution >= 0.6 is 11.6 Å². The molecule has 2 aromatic carbocycles. The second-order valence-electron chi connectivity index (χ2n) is 7.81. The highest BCUT2D eigenvalue weighted by atomic mass is 35.5. The van der Waals surface area contributed by atoms with Crippen molar-refractivity contribution in [3.8, 4) is 0 Å². The largest absolute Gasteiger partial charge is 0.416 e. The van der Waals surface area contributed by atoms with E-state index in [4.69, 9.17) is 16.7 Å². The maximum atomic E-state index is 14.2. The van der Waals surface area contributed by atoms with Gasteiger partial charge in [-0.3, -0.25) is 0 Å². The van der Waals surface area contributed by atoms with Crippen LogP contribution in [0.15, 0.2) is 35.2 Å². The molecule has 1 aliphatic rings. The van der Waals surface area contributed by atoms with Crippen LogP contribution in [-0.4, -0.2) is 46.5 Å². The van der Waals surface area contributed by atoms with Crippen molar-refractivity contribution in [2.75, 3.05) is 32.1 Å². The van der Waals surface area contributed by atoms with Crippen LogP contribution in [0.4, 0.5) is 23.2 Å². The number of anilines is 1. The number of sulfonamides is 1. The summed E-state index contributed by atoms with van der Waals surface area (Å²) in [7, 11) is -0.450. The summed E-state index contributed by atoms with van der Waals surface area (Å²) >= 11 is 6.08. The topological polar surface area (TPSA) is 66.6 Å². The highest BCUT2D eigenvalue weighted by Gasteiger charge is 2.33. The number of nitrogens with two attached hydrogens (primary N) is 1. The van der Waals surface area contributed by atoms with Gasteiger partial charge in [0.25, 0.3) is 0 Å². The molecule has 0 spiro atoms. The maximum Gasteiger partial charge on any atom is 0.416 e. The zero-order valence-corrected chi connectivity index (χ0v) is 18.9. The van der Waals surface area contributed by atoms with E-state index in [0.717, 1.165) is 30.7 Å². The van der Waals surface area contributed by atoms with Crippen LogP contribution in [0.5, 0.6) is 0 Å². The van der Waals surface area contributed by atoms with Gasteiger partial charge in [0.15, 0.2) is 0 Å². The van der Waals surface area contributed by atoms with Gasteiger partial charge in [-0.05, 0) is 55.9 Å². The summed E-state index contributed by atoms with van der Waals surface area (Å²) in [6, 6.07) is 5.46. The normalized spacial score (nSPS) is 17.7. The Morgan fingerprint density at radius 2 is 1.81 bits per heavy atom. The fourth-order valence-corrected chi connectivity index (χ4v) is 4.49. The summed E-state index contributed by atoms with van der Waals surface area (Å²) in [6.45, 7) is 1.15. The molecule has 0 saturated carbocycles. The minimum atomic E-state index is -4.49. The van der Waals surface area contributed by atoms with Crippen molar-refractivity contribution >= 4 is 39.5 Å². The van der Waals surface area contributed by atoms with Crippen LogP contribution in [0.25, 0.3) is 12.2 Å². The summed E-state index contributed by atoms with van der Waals surface area (Å²) in [6.07, 6.45) is -0.744. The van der Waals surface area contributed by atoms with Gasteiger partial charge < -0.3 is 9.80 Å². The summed E-state index contributed by atoms with van der Waals surface area (Å²) < 4.78 is 77.0. The molecule has 11 heteroatoms. The summed E-state index contributed by atoms with van der Waals surface area (Å²) in [5.74, 6) is -1.07. The van der Waals surface area contributed by atoms with Gasteiger partial charge in [-0.15, -0.1) is 0 Å². The maximum absolute atomic E-state index is 14.2. The smallest absolute Gasteiger partial charge is 0.369 e. The molecular weight excluding hydrogens is 470 g/mol. The number of benzene rings is 2. The second-order valence-corrected chi connectivity index (χ2v) is 9.74. The van der Waals surface area contributed by atoms with Crippen LogP contribution in [0.3, 0.4) is 0 Å². The van der Waals surface area contributed by atoms with Gasteiger partial charge >= 0.3 is 6.18 Å². The first kappa shape index (κ1) is 24.5. The van der Waals surface area contributed by atoms with E-state index in [-0.39, 0.29) is 16.6 Å².